The number of rotatable bonds is 4. The minimum atomic E-state index is -0.130. The Hall–Kier alpha value is -2.60. The topological polar surface area (TPSA) is 57.2 Å². The summed E-state index contributed by atoms with van der Waals surface area (Å²) in [5.41, 5.74) is 1.38. The molecule has 0 saturated carbocycles. The lowest BCUT2D eigenvalue weighted by atomic mass is 10.1. The van der Waals surface area contributed by atoms with E-state index in [1.54, 1.807) is 17.0 Å². The summed E-state index contributed by atoms with van der Waals surface area (Å²) in [6, 6.07) is 9.08. The summed E-state index contributed by atoms with van der Waals surface area (Å²) < 4.78 is 22.8. The fraction of sp³-hybridized carbons (Fsp3) is 0.381. The minimum Gasteiger partial charge on any atom is -0.489 e. The number of benzene rings is 2. The molecule has 0 bridgehead atoms. The monoisotopic (exact) mass is 403 g/mol. The molecule has 0 atom stereocenters. The number of amides is 1. The minimum absolute atomic E-state index is 0.130. The van der Waals surface area contributed by atoms with Gasteiger partial charge < -0.3 is 23.8 Å². The van der Waals surface area contributed by atoms with Gasteiger partial charge >= 0.3 is 0 Å². The summed E-state index contributed by atoms with van der Waals surface area (Å²) in [5, 5.41) is 0.382. The van der Waals surface area contributed by atoms with E-state index >= 15 is 0 Å². The number of para-hydroxylation sites is 1. The summed E-state index contributed by atoms with van der Waals surface area (Å²) >= 11 is 6.35. The highest BCUT2D eigenvalue weighted by atomic mass is 35.5. The number of hydrogen-bond donors (Lipinski definition) is 0. The average Bonchev–Trinajstić information content (AvgIpc) is 2.97. The van der Waals surface area contributed by atoms with Crippen LogP contribution in [0.3, 0.4) is 0 Å². The van der Waals surface area contributed by atoms with Gasteiger partial charge in [0.05, 0.1) is 18.2 Å². The third kappa shape index (κ3) is 3.69. The maximum atomic E-state index is 13.2. The Balaban J connectivity index is 1.60. The third-order valence-electron chi connectivity index (χ3n) is 4.73. The standard InChI is InChI=1S/C21H22ClNO5/c1-2-23(13-14-5-3-6-17-19(14)28-10-9-26-17)21(24)15-11-16(22)20-18(12-15)25-7-4-8-27-20/h3,5-6,11-12H,2,4,7-10,13H2,1H3. The molecular formula is C21H22ClNO5. The molecule has 0 aromatic heterocycles. The van der Waals surface area contributed by atoms with Crippen molar-refractivity contribution in [3.8, 4) is 23.0 Å². The second kappa shape index (κ2) is 8.19. The number of carbonyl (C=O) groups excluding carboxylic acids is 1. The average molecular weight is 404 g/mol. The number of fused-ring (bicyclic) bond motifs is 2. The van der Waals surface area contributed by atoms with Gasteiger partial charge in [-0.3, -0.25) is 4.79 Å². The van der Waals surface area contributed by atoms with Crippen LogP contribution in [0.1, 0.15) is 29.3 Å². The highest BCUT2D eigenvalue weighted by molar-refractivity contribution is 6.32. The Kier molecular flexibility index (Phi) is 5.48. The van der Waals surface area contributed by atoms with Gasteiger partial charge in [0.1, 0.15) is 13.2 Å². The van der Waals surface area contributed by atoms with Crippen molar-refractivity contribution >= 4 is 17.5 Å². The van der Waals surface area contributed by atoms with Crippen molar-refractivity contribution in [2.24, 2.45) is 0 Å². The third-order valence-corrected chi connectivity index (χ3v) is 5.01. The van der Waals surface area contributed by atoms with Crippen LogP contribution in [0.4, 0.5) is 0 Å². The Morgan fingerprint density at radius 3 is 2.61 bits per heavy atom. The van der Waals surface area contributed by atoms with Crippen molar-refractivity contribution in [3.05, 3.63) is 46.5 Å². The van der Waals surface area contributed by atoms with E-state index < -0.39 is 0 Å². The van der Waals surface area contributed by atoms with Crippen LogP contribution in [0.25, 0.3) is 0 Å². The molecule has 4 rings (SSSR count). The fourth-order valence-corrected chi connectivity index (χ4v) is 3.59. The van der Waals surface area contributed by atoms with Crippen molar-refractivity contribution in [1.82, 2.24) is 4.90 Å². The van der Waals surface area contributed by atoms with E-state index in [4.69, 9.17) is 30.5 Å². The zero-order valence-corrected chi connectivity index (χ0v) is 16.5. The molecule has 2 aromatic carbocycles. The summed E-state index contributed by atoms with van der Waals surface area (Å²) in [4.78, 5) is 14.9. The van der Waals surface area contributed by atoms with E-state index in [1.165, 1.54) is 0 Å². The van der Waals surface area contributed by atoms with Crippen LogP contribution in [0.2, 0.25) is 5.02 Å². The molecule has 0 radical (unpaired) electrons. The lowest BCUT2D eigenvalue weighted by Crippen LogP contribution is -2.31. The van der Waals surface area contributed by atoms with Gasteiger partial charge in [-0.05, 0) is 25.1 Å². The van der Waals surface area contributed by atoms with Crippen LogP contribution in [0.5, 0.6) is 23.0 Å². The van der Waals surface area contributed by atoms with Crippen LogP contribution >= 0.6 is 11.6 Å². The summed E-state index contributed by atoms with van der Waals surface area (Å²) in [7, 11) is 0. The number of carbonyl (C=O) groups is 1. The van der Waals surface area contributed by atoms with Gasteiger partial charge in [-0.15, -0.1) is 0 Å². The highest BCUT2D eigenvalue weighted by Gasteiger charge is 2.23. The largest absolute Gasteiger partial charge is 0.489 e. The molecule has 0 unspecified atom stereocenters. The molecule has 1 amide bonds. The van der Waals surface area contributed by atoms with Crippen molar-refractivity contribution in [2.45, 2.75) is 19.9 Å². The van der Waals surface area contributed by atoms with E-state index in [0.29, 0.717) is 73.1 Å². The number of halogens is 1. The summed E-state index contributed by atoms with van der Waals surface area (Å²) in [5.74, 6) is 2.30. The van der Waals surface area contributed by atoms with Crippen LogP contribution < -0.4 is 18.9 Å². The first-order chi connectivity index (χ1) is 13.7. The van der Waals surface area contributed by atoms with Crippen molar-refractivity contribution in [1.29, 1.82) is 0 Å². The first-order valence-corrected chi connectivity index (χ1v) is 9.81. The molecule has 7 heteroatoms. The molecule has 2 aliphatic rings. The lowest BCUT2D eigenvalue weighted by molar-refractivity contribution is 0.0748. The molecule has 6 nitrogen and oxygen atoms in total. The molecule has 148 valence electrons. The van der Waals surface area contributed by atoms with Gasteiger partial charge in [-0.1, -0.05) is 23.7 Å². The molecular weight excluding hydrogens is 382 g/mol. The van der Waals surface area contributed by atoms with E-state index in [-0.39, 0.29) is 5.91 Å². The predicted octanol–water partition coefficient (Wildman–Crippen LogP) is 3.93. The number of hydrogen-bond acceptors (Lipinski definition) is 5. The molecule has 28 heavy (non-hydrogen) atoms. The molecule has 0 saturated heterocycles. The smallest absolute Gasteiger partial charge is 0.254 e. The van der Waals surface area contributed by atoms with Gasteiger partial charge in [0, 0.05) is 30.6 Å². The molecule has 2 heterocycles. The van der Waals surface area contributed by atoms with Crippen molar-refractivity contribution < 1.29 is 23.7 Å². The van der Waals surface area contributed by atoms with Gasteiger partial charge in [0.15, 0.2) is 23.0 Å². The Bertz CT molecular complexity index is 885. The second-order valence-corrected chi connectivity index (χ2v) is 7.00. The molecule has 0 N–H and O–H groups in total. The second-order valence-electron chi connectivity index (χ2n) is 6.60. The molecule has 0 spiro atoms. The van der Waals surface area contributed by atoms with Crippen LogP contribution in [-0.4, -0.2) is 43.8 Å². The zero-order chi connectivity index (χ0) is 19.5. The Morgan fingerprint density at radius 1 is 1.00 bits per heavy atom. The fourth-order valence-electron chi connectivity index (χ4n) is 3.33. The highest BCUT2D eigenvalue weighted by Crippen LogP contribution is 2.39. The molecule has 0 aliphatic carbocycles. The maximum absolute atomic E-state index is 13.2. The first-order valence-electron chi connectivity index (χ1n) is 9.43. The maximum Gasteiger partial charge on any atom is 0.254 e. The molecule has 2 aliphatic heterocycles. The van der Waals surface area contributed by atoms with Crippen LogP contribution in [0.15, 0.2) is 30.3 Å². The van der Waals surface area contributed by atoms with Crippen molar-refractivity contribution in [3.63, 3.8) is 0 Å². The first kappa shape index (κ1) is 18.7. The van der Waals surface area contributed by atoms with Crippen molar-refractivity contribution in [2.75, 3.05) is 33.0 Å². The summed E-state index contributed by atoms with van der Waals surface area (Å²) in [6.45, 7) is 5.00. The number of ether oxygens (including phenoxy) is 4. The van der Waals surface area contributed by atoms with E-state index in [9.17, 15) is 4.79 Å². The van der Waals surface area contributed by atoms with E-state index in [2.05, 4.69) is 0 Å². The molecule has 0 fully saturated rings. The normalized spacial score (nSPS) is 14.9. The molecule has 2 aromatic rings. The summed E-state index contributed by atoms with van der Waals surface area (Å²) in [6.07, 6.45) is 0.774. The predicted molar refractivity (Wildman–Crippen MR) is 105 cm³/mol. The van der Waals surface area contributed by atoms with E-state index in [0.717, 1.165) is 12.0 Å². The van der Waals surface area contributed by atoms with Gasteiger partial charge in [-0.25, -0.2) is 0 Å². The van der Waals surface area contributed by atoms with Gasteiger partial charge in [-0.2, -0.15) is 0 Å². The lowest BCUT2D eigenvalue weighted by Gasteiger charge is -2.25. The number of nitrogens with zero attached hydrogens (tertiary/aromatic N) is 1. The zero-order valence-electron chi connectivity index (χ0n) is 15.7. The van der Waals surface area contributed by atoms with Crippen LogP contribution in [-0.2, 0) is 6.54 Å². The SMILES string of the molecule is CCN(Cc1cccc2c1OCCO2)C(=O)c1cc(Cl)c2c(c1)OCCCO2. The Labute approximate surface area is 168 Å². The van der Waals surface area contributed by atoms with Gasteiger partial charge in [0.2, 0.25) is 0 Å². The quantitative estimate of drug-likeness (QED) is 0.774. The van der Waals surface area contributed by atoms with Crippen LogP contribution in [0, 0.1) is 0 Å². The van der Waals surface area contributed by atoms with Gasteiger partial charge in [0.25, 0.3) is 5.91 Å². The van der Waals surface area contributed by atoms with E-state index in [1.807, 2.05) is 25.1 Å². The Morgan fingerprint density at radius 2 is 1.75 bits per heavy atom.